The molecular formula is C7H14NO5. The van der Waals surface area contributed by atoms with E-state index in [1.165, 1.54) is 0 Å². The van der Waals surface area contributed by atoms with Crippen LogP contribution in [0.15, 0.2) is 0 Å². The van der Waals surface area contributed by atoms with Crippen LogP contribution in [0.25, 0.3) is 0 Å². The minimum Gasteiger partial charge on any atom is -0.480 e. The molecule has 0 rings (SSSR count). The monoisotopic (exact) mass is 192 g/mol. The smallest absolute Gasteiger partial charge is 0.480 e. The number of carboxylic acids is 1. The van der Waals surface area contributed by atoms with Crippen LogP contribution < -0.4 is 5.73 Å². The zero-order valence-corrected chi connectivity index (χ0v) is 7.56. The summed E-state index contributed by atoms with van der Waals surface area (Å²) in [4.78, 5) is 18.6. The average molecular weight is 192 g/mol. The summed E-state index contributed by atoms with van der Waals surface area (Å²) < 4.78 is 0. The second-order valence-electron chi connectivity index (χ2n) is 2.84. The molecule has 0 spiro atoms. The Morgan fingerprint density at radius 3 is 1.69 bits per heavy atom. The number of carboxylic acid groups (broad SMARTS) is 2. The SMILES string of the molecule is CC(C)C[C@H](N)C(=O)O.[O]C(=O)O. The second kappa shape index (κ2) is 7.35. The van der Waals surface area contributed by atoms with Gasteiger partial charge in [-0.15, -0.1) is 0 Å². The van der Waals surface area contributed by atoms with Gasteiger partial charge in [0.25, 0.3) is 0 Å². The summed E-state index contributed by atoms with van der Waals surface area (Å²) in [5.41, 5.74) is 5.22. The van der Waals surface area contributed by atoms with Gasteiger partial charge in [0.1, 0.15) is 6.04 Å². The molecule has 0 aromatic rings. The maximum atomic E-state index is 10.1. The summed E-state index contributed by atoms with van der Waals surface area (Å²) >= 11 is 0. The summed E-state index contributed by atoms with van der Waals surface area (Å²) in [5.74, 6) is -0.556. The Hall–Kier alpha value is -1.30. The van der Waals surface area contributed by atoms with E-state index in [4.69, 9.17) is 25.8 Å². The van der Waals surface area contributed by atoms with Gasteiger partial charge in [0.05, 0.1) is 0 Å². The molecule has 1 radical (unpaired) electrons. The van der Waals surface area contributed by atoms with Gasteiger partial charge in [0, 0.05) is 0 Å². The maximum absolute atomic E-state index is 10.1. The van der Waals surface area contributed by atoms with Gasteiger partial charge in [0.15, 0.2) is 0 Å². The molecule has 0 aromatic heterocycles. The number of hydrogen-bond donors (Lipinski definition) is 3. The lowest BCUT2D eigenvalue weighted by atomic mass is 10.1. The predicted octanol–water partition coefficient (Wildman–Crippen LogP) is 0.539. The number of carbonyl (C=O) groups is 2. The first-order valence-electron chi connectivity index (χ1n) is 3.65. The largest absolute Gasteiger partial charge is 0.547 e. The minimum atomic E-state index is -2.08. The lowest BCUT2D eigenvalue weighted by Gasteiger charge is -2.07. The van der Waals surface area contributed by atoms with E-state index in [1.54, 1.807) is 0 Å². The highest BCUT2D eigenvalue weighted by Gasteiger charge is 2.11. The highest BCUT2D eigenvalue weighted by molar-refractivity contribution is 5.72. The normalized spacial score (nSPS) is 11.4. The number of rotatable bonds is 3. The zero-order chi connectivity index (χ0) is 11.0. The van der Waals surface area contributed by atoms with Crippen molar-refractivity contribution < 1.29 is 24.9 Å². The van der Waals surface area contributed by atoms with Crippen molar-refractivity contribution in [1.82, 2.24) is 0 Å². The first-order valence-corrected chi connectivity index (χ1v) is 3.65. The number of nitrogens with two attached hydrogens (primary N) is 1. The van der Waals surface area contributed by atoms with Gasteiger partial charge in [-0.2, -0.15) is 0 Å². The van der Waals surface area contributed by atoms with Crippen molar-refractivity contribution in [3.63, 3.8) is 0 Å². The molecule has 0 saturated heterocycles. The van der Waals surface area contributed by atoms with Crippen molar-refractivity contribution in [3.8, 4) is 0 Å². The lowest BCUT2D eigenvalue weighted by Crippen LogP contribution is -2.31. The van der Waals surface area contributed by atoms with E-state index in [2.05, 4.69) is 0 Å². The van der Waals surface area contributed by atoms with Gasteiger partial charge in [-0.25, -0.2) is 9.90 Å². The van der Waals surface area contributed by atoms with Crippen LogP contribution >= 0.6 is 0 Å². The van der Waals surface area contributed by atoms with Crippen LogP contribution in [0, 0.1) is 5.92 Å². The standard InChI is InChI=1S/C6H13NO2.CHO3/c1-4(2)3-5(7)6(8)9;2-1(3)4/h4-5H,3,7H2,1-2H3,(H,8,9);(H,2,3)/t5-;/m0./s1. The Kier molecular flexibility index (Phi) is 8.05. The summed E-state index contributed by atoms with van der Waals surface area (Å²) in [7, 11) is 0. The van der Waals surface area contributed by atoms with Crippen molar-refractivity contribution in [3.05, 3.63) is 0 Å². The molecule has 0 aliphatic carbocycles. The summed E-state index contributed by atoms with van der Waals surface area (Å²) in [6.07, 6.45) is -1.53. The van der Waals surface area contributed by atoms with E-state index in [0.29, 0.717) is 12.3 Å². The Bertz CT molecular complexity index is 164. The Morgan fingerprint density at radius 2 is 1.62 bits per heavy atom. The lowest BCUT2D eigenvalue weighted by molar-refractivity contribution is -0.138. The molecule has 0 unspecified atom stereocenters. The van der Waals surface area contributed by atoms with E-state index in [9.17, 15) is 4.79 Å². The molecule has 77 valence electrons. The van der Waals surface area contributed by atoms with Crippen molar-refractivity contribution >= 4 is 12.1 Å². The van der Waals surface area contributed by atoms with Crippen molar-refractivity contribution in [2.45, 2.75) is 26.3 Å². The Labute approximate surface area is 76.0 Å². The summed E-state index contributed by atoms with van der Waals surface area (Å²) in [6, 6.07) is -0.690. The fourth-order valence-corrected chi connectivity index (χ4v) is 0.609. The molecule has 0 aliphatic heterocycles. The topological polar surface area (TPSA) is 121 Å². The molecular weight excluding hydrogens is 178 g/mol. The van der Waals surface area contributed by atoms with Crippen molar-refractivity contribution in [2.75, 3.05) is 0 Å². The van der Waals surface area contributed by atoms with Gasteiger partial charge < -0.3 is 15.9 Å². The fraction of sp³-hybridized carbons (Fsp3) is 0.714. The first kappa shape index (κ1) is 14.2. The van der Waals surface area contributed by atoms with Crippen molar-refractivity contribution in [1.29, 1.82) is 0 Å². The molecule has 0 heterocycles. The van der Waals surface area contributed by atoms with Gasteiger partial charge in [-0.1, -0.05) is 13.8 Å². The Morgan fingerprint density at radius 1 is 1.31 bits per heavy atom. The molecule has 0 saturated carbocycles. The first-order chi connectivity index (χ1) is 5.77. The van der Waals surface area contributed by atoms with E-state index < -0.39 is 18.2 Å². The van der Waals surface area contributed by atoms with Crippen LogP contribution in [-0.4, -0.2) is 28.4 Å². The summed E-state index contributed by atoms with van der Waals surface area (Å²) in [5, 5.41) is 23.6. The molecule has 6 nitrogen and oxygen atoms in total. The van der Waals surface area contributed by atoms with Crippen LogP contribution in [0.2, 0.25) is 0 Å². The average Bonchev–Trinajstić information content (AvgIpc) is 1.83. The third-order valence-electron chi connectivity index (χ3n) is 1.04. The number of hydrogen-bond acceptors (Lipinski definition) is 3. The third-order valence-corrected chi connectivity index (χ3v) is 1.04. The fourth-order valence-electron chi connectivity index (χ4n) is 0.609. The second-order valence-corrected chi connectivity index (χ2v) is 2.84. The van der Waals surface area contributed by atoms with E-state index in [-0.39, 0.29) is 0 Å². The van der Waals surface area contributed by atoms with Gasteiger partial charge in [-0.05, 0) is 12.3 Å². The molecule has 0 amide bonds. The third kappa shape index (κ3) is 18.0. The highest BCUT2D eigenvalue weighted by atomic mass is 16.6. The number of aliphatic carboxylic acids is 1. The van der Waals surface area contributed by atoms with Gasteiger partial charge in [0.2, 0.25) is 0 Å². The summed E-state index contributed by atoms with van der Waals surface area (Å²) in [6.45, 7) is 3.89. The van der Waals surface area contributed by atoms with E-state index in [1.807, 2.05) is 13.8 Å². The molecule has 0 fully saturated rings. The van der Waals surface area contributed by atoms with E-state index >= 15 is 0 Å². The van der Waals surface area contributed by atoms with Crippen LogP contribution in [0.4, 0.5) is 4.79 Å². The molecule has 0 bridgehead atoms. The maximum Gasteiger partial charge on any atom is 0.547 e. The minimum absolute atomic E-state index is 0.357. The van der Waals surface area contributed by atoms with Crippen LogP contribution in [0.5, 0.6) is 0 Å². The molecule has 13 heavy (non-hydrogen) atoms. The molecule has 1 atom stereocenters. The molecule has 6 heteroatoms. The molecule has 0 aromatic carbocycles. The quantitative estimate of drug-likeness (QED) is 0.602. The van der Waals surface area contributed by atoms with Crippen molar-refractivity contribution in [2.24, 2.45) is 11.7 Å². The van der Waals surface area contributed by atoms with E-state index in [0.717, 1.165) is 0 Å². The highest BCUT2D eigenvalue weighted by Crippen LogP contribution is 2.01. The van der Waals surface area contributed by atoms with Gasteiger partial charge in [-0.3, -0.25) is 4.79 Å². The molecule has 4 N–H and O–H groups in total. The van der Waals surface area contributed by atoms with Crippen LogP contribution in [-0.2, 0) is 9.90 Å². The van der Waals surface area contributed by atoms with Crippen LogP contribution in [0.1, 0.15) is 20.3 Å². The Balaban J connectivity index is 0. The van der Waals surface area contributed by atoms with Gasteiger partial charge >= 0.3 is 12.1 Å². The van der Waals surface area contributed by atoms with Crippen LogP contribution in [0.3, 0.4) is 0 Å². The molecule has 0 aliphatic rings. The predicted molar refractivity (Wildman–Crippen MR) is 43.8 cm³/mol. The zero-order valence-electron chi connectivity index (χ0n) is 7.56.